The van der Waals surface area contributed by atoms with Gasteiger partial charge in [0.2, 0.25) is 0 Å². The van der Waals surface area contributed by atoms with Gasteiger partial charge in [0.15, 0.2) is 0 Å². The first-order valence-corrected chi connectivity index (χ1v) is 9.61. The standard InChI is InChI=1S/C19H18N4O2S/c1-26-19-17-7-2-14(13-8-10-20-11-9-13)12-18(17)22(21-19)15-3-5-16(6-4-15)23(24)25/h2-8,12,20H,9-11H2,1H3. The lowest BCUT2D eigenvalue weighted by atomic mass is 9.99. The maximum absolute atomic E-state index is 10.9. The van der Waals surface area contributed by atoms with Crippen LogP contribution in [0.2, 0.25) is 0 Å². The van der Waals surface area contributed by atoms with Gasteiger partial charge in [0, 0.05) is 24.1 Å². The zero-order valence-electron chi connectivity index (χ0n) is 14.3. The molecule has 2 heterocycles. The largest absolute Gasteiger partial charge is 0.313 e. The Morgan fingerprint density at radius 2 is 2.04 bits per heavy atom. The SMILES string of the molecule is CSc1nn(-c2ccc([N+](=O)[O-])cc2)c2cc(C3=CCNCC3)ccc12. The monoisotopic (exact) mass is 366 g/mol. The quantitative estimate of drug-likeness (QED) is 0.429. The van der Waals surface area contributed by atoms with E-state index in [4.69, 9.17) is 5.10 Å². The van der Waals surface area contributed by atoms with Gasteiger partial charge in [-0.2, -0.15) is 5.10 Å². The van der Waals surface area contributed by atoms with Gasteiger partial charge < -0.3 is 5.32 Å². The minimum atomic E-state index is -0.389. The average molecular weight is 366 g/mol. The van der Waals surface area contributed by atoms with Crippen molar-refractivity contribution in [2.45, 2.75) is 11.4 Å². The summed E-state index contributed by atoms with van der Waals surface area (Å²) in [7, 11) is 0. The van der Waals surface area contributed by atoms with Crippen molar-refractivity contribution >= 4 is 33.9 Å². The zero-order chi connectivity index (χ0) is 18.1. The van der Waals surface area contributed by atoms with E-state index in [-0.39, 0.29) is 10.6 Å². The maximum atomic E-state index is 10.9. The van der Waals surface area contributed by atoms with Crippen LogP contribution in [0.15, 0.2) is 53.6 Å². The molecule has 6 nitrogen and oxygen atoms in total. The van der Waals surface area contributed by atoms with Crippen LogP contribution in [-0.4, -0.2) is 34.0 Å². The van der Waals surface area contributed by atoms with E-state index in [1.54, 1.807) is 23.9 Å². The van der Waals surface area contributed by atoms with E-state index in [1.807, 2.05) is 10.9 Å². The average Bonchev–Trinajstić information content (AvgIpc) is 3.06. The van der Waals surface area contributed by atoms with Crippen LogP contribution in [-0.2, 0) is 0 Å². The van der Waals surface area contributed by atoms with E-state index < -0.39 is 0 Å². The highest BCUT2D eigenvalue weighted by Crippen LogP contribution is 2.31. The van der Waals surface area contributed by atoms with E-state index in [9.17, 15) is 10.1 Å². The van der Waals surface area contributed by atoms with Crippen LogP contribution in [0.1, 0.15) is 12.0 Å². The summed E-state index contributed by atoms with van der Waals surface area (Å²) >= 11 is 1.60. The van der Waals surface area contributed by atoms with Crippen molar-refractivity contribution in [3.8, 4) is 5.69 Å². The zero-order valence-corrected chi connectivity index (χ0v) is 15.1. The fraction of sp³-hybridized carbons (Fsp3) is 0.211. The molecule has 0 radical (unpaired) electrons. The molecule has 0 saturated carbocycles. The summed E-state index contributed by atoms with van der Waals surface area (Å²) in [5, 5.41) is 21.0. The third kappa shape index (κ3) is 3.00. The summed E-state index contributed by atoms with van der Waals surface area (Å²) in [6, 6.07) is 13.0. The second-order valence-corrected chi connectivity index (χ2v) is 6.90. The molecule has 4 rings (SSSR count). The molecule has 1 aliphatic rings. The molecule has 0 saturated heterocycles. The van der Waals surface area contributed by atoms with Gasteiger partial charge in [0.1, 0.15) is 5.03 Å². The van der Waals surface area contributed by atoms with Crippen LogP contribution in [0.25, 0.3) is 22.2 Å². The second kappa shape index (κ2) is 6.93. The molecule has 0 fully saturated rings. The van der Waals surface area contributed by atoms with Gasteiger partial charge in [-0.05, 0) is 54.6 Å². The Kier molecular flexibility index (Phi) is 4.48. The number of thioether (sulfide) groups is 1. The van der Waals surface area contributed by atoms with E-state index in [0.717, 1.165) is 41.1 Å². The van der Waals surface area contributed by atoms with Crippen LogP contribution in [0.5, 0.6) is 0 Å². The molecule has 0 aliphatic carbocycles. The molecule has 3 aromatic rings. The molecule has 132 valence electrons. The normalized spacial score (nSPS) is 14.4. The Balaban J connectivity index is 1.85. The van der Waals surface area contributed by atoms with E-state index >= 15 is 0 Å². The summed E-state index contributed by atoms with van der Waals surface area (Å²) in [5.41, 5.74) is 4.45. The molecule has 0 unspecified atom stereocenters. The number of non-ortho nitro benzene ring substituents is 1. The highest BCUT2D eigenvalue weighted by molar-refractivity contribution is 7.98. The summed E-state index contributed by atoms with van der Waals surface area (Å²) in [4.78, 5) is 10.5. The molecule has 2 aromatic carbocycles. The first kappa shape index (κ1) is 16.8. The fourth-order valence-electron chi connectivity index (χ4n) is 3.23. The van der Waals surface area contributed by atoms with Crippen molar-refractivity contribution in [1.82, 2.24) is 15.1 Å². The third-order valence-corrected chi connectivity index (χ3v) is 5.27. The fourth-order valence-corrected chi connectivity index (χ4v) is 3.79. The number of rotatable bonds is 4. The first-order valence-electron chi connectivity index (χ1n) is 8.39. The third-order valence-electron chi connectivity index (χ3n) is 4.58. The van der Waals surface area contributed by atoms with Crippen LogP contribution < -0.4 is 5.32 Å². The Hall–Kier alpha value is -2.64. The highest BCUT2D eigenvalue weighted by atomic mass is 32.2. The van der Waals surface area contributed by atoms with Crippen LogP contribution in [0.4, 0.5) is 5.69 Å². The summed E-state index contributed by atoms with van der Waals surface area (Å²) in [6.45, 7) is 1.88. The second-order valence-electron chi connectivity index (χ2n) is 6.11. The van der Waals surface area contributed by atoms with E-state index in [0.29, 0.717) is 0 Å². The Morgan fingerprint density at radius 3 is 2.69 bits per heavy atom. The van der Waals surface area contributed by atoms with Crippen molar-refractivity contribution in [3.05, 3.63) is 64.2 Å². The molecule has 1 aliphatic heterocycles. The predicted octanol–water partition coefficient (Wildman–Crippen LogP) is 4.03. The lowest BCUT2D eigenvalue weighted by Gasteiger charge is -2.14. The number of nitro groups is 1. The van der Waals surface area contributed by atoms with E-state index in [2.05, 4.69) is 29.6 Å². The van der Waals surface area contributed by atoms with Crippen molar-refractivity contribution in [1.29, 1.82) is 0 Å². The molecule has 1 N–H and O–H groups in total. The van der Waals surface area contributed by atoms with Gasteiger partial charge in [0.05, 0.1) is 16.1 Å². The Labute approximate surface area is 155 Å². The number of nitrogens with one attached hydrogen (secondary N) is 1. The summed E-state index contributed by atoms with van der Waals surface area (Å²) in [5.74, 6) is 0. The topological polar surface area (TPSA) is 73.0 Å². The van der Waals surface area contributed by atoms with Crippen molar-refractivity contribution in [2.75, 3.05) is 19.3 Å². The van der Waals surface area contributed by atoms with Crippen molar-refractivity contribution in [2.24, 2.45) is 0 Å². The molecule has 26 heavy (non-hydrogen) atoms. The Bertz CT molecular complexity index is 1010. The van der Waals surface area contributed by atoms with Crippen LogP contribution >= 0.6 is 11.8 Å². The number of aromatic nitrogens is 2. The van der Waals surface area contributed by atoms with Gasteiger partial charge in [-0.1, -0.05) is 12.1 Å². The molecule has 1 aromatic heterocycles. The summed E-state index contributed by atoms with van der Waals surface area (Å²) < 4.78 is 1.87. The van der Waals surface area contributed by atoms with E-state index in [1.165, 1.54) is 23.3 Å². The molecular weight excluding hydrogens is 348 g/mol. The maximum Gasteiger partial charge on any atom is 0.269 e. The van der Waals surface area contributed by atoms with Gasteiger partial charge >= 0.3 is 0 Å². The first-order chi connectivity index (χ1) is 12.7. The molecule has 7 heteroatoms. The van der Waals surface area contributed by atoms with Gasteiger partial charge in [-0.3, -0.25) is 10.1 Å². The number of fused-ring (bicyclic) bond motifs is 1. The lowest BCUT2D eigenvalue weighted by Crippen LogP contribution is -2.19. The number of benzene rings is 2. The molecule has 0 atom stereocenters. The molecule has 0 amide bonds. The number of hydrogen-bond acceptors (Lipinski definition) is 5. The minimum absolute atomic E-state index is 0.0795. The molecule has 0 spiro atoms. The number of nitrogens with zero attached hydrogens (tertiary/aromatic N) is 3. The Morgan fingerprint density at radius 1 is 1.23 bits per heavy atom. The van der Waals surface area contributed by atoms with Gasteiger partial charge in [-0.15, -0.1) is 11.8 Å². The van der Waals surface area contributed by atoms with Gasteiger partial charge in [0.25, 0.3) is 5.69 Å². The predicted molar refractivity (Wildman–Crippen MR) is 105 cm³/mol. The minimum Gasteiger partial charge on any atom is -0.313 e. The van der Waals surface area contributed by atoms with Crippen LogP contribution in [0, 0.1) is 10.1 Å². The van der Waals surface area contributed by atoms with Crippen molar-refractivity contribution in [3.63, 3.8) is 0 Å². The van der Waals surface area contributed by atoms with Crippen LogP contribution in [0.3, 0.4) is 0 Å². The van der Waals surface area contributed by atoms with Crippen molar-refractivity contribution < 1.29 is 4.92 Å². The summed E-state index contributed by atoms with van der Waals surface area (Å²) in [6.07, 6.45) is 5.24. The lowest BCUT2D eigenvalue weighted by molar-refractivity contribution is -0.384. The molecule has 0 bridgehead atoms. The highest BCUT2D eigenvalue weighted by Gasteiger charge is 2.15. The number of nitro benzene ring substituents is 1. The smallest absolute Gasteiger partial charge is 0.269 e. The van der Waals surface area contributed by atoms with Gasteiger partial charge in [-0.25, -0.2) is 4.68 Å². The number of hydrogen-bond donors (Lipinski definition) is 1. The molecular formula is C19H18N4O2S.